The summed E-state index contributed by atoms with van der Waals surface area (Å²) in [6.07, 6.45) is 1.39. The summed E-state index contributed by atoms with van der Waals surface area (Å²) in [5.74, 6) is 0.806. The lowest BCUT2D eigenvalue weighted by Gasteiger charge is -2.02. The molecule has 0 aliphatic rings. The van der Waals surface area contributed by atoms with Gasteiger partial charge in [-0.3, -0.25) is 4.79 Å². The van der Waals surface area contributed by atoms with E-state index in [0.717, 1.165) is 5.56 Å². The first kappa shape index (κ1) is 18.9. The van der Waals surface area contributed by atoms with E-state index < -0.39 is 5.97 Å². The maximum atomic E-state index is 12.1. The molecule has 1 amide bonds. The Morgan fingerprint density at radius 2 is 1.79 bits per heavy atom. The molecule has 0 bridgehead atoms. The van der Waals surface area contributed by atoms with Crippen molar-refractivity contribution < 1.29 is 23.5 Å². The molecule has 3 aromatic rings. The quantitative estimate of drug-likeness (QED) is 0.403. The Kier molecular flexibility index (Phi) is 5.86. The van der Waals surface area contributed by atoms with Gasteiger partial charge in [0.1, 0.15) is 17.3 Å². The van der Waals surface area contributed by atoms with E-state index in [0.29, 0.717) is 28.4 Å². The zero-order valence-electron chi connectivity index (χ0n) is 15.3. The Morgan fingerprint density at radius 1 is 1.00 bits per heavy atom. The predicted molar refractivity (Wildman–Crippen MR) is 104 cm³/mol. The Hall–Kier alpha value is -3.87. The Balaban J connectivity index is 1.67. The number of carbonyl (C=O) groups is 2. The van der Waals surface area contributed by atoms with Crippen molar-refractivity contribution in [3.05, 3.63) is 77.6 Å². The van der Waals surface area contributed by atoms with Crippen molar-refractivity contribution in [2.45, 2.75) is 0 Å². The zero-order valence-corrected chi connectivity index (χ0v) is 15.3. The van der Waals surface area contributed by atoms with Gasteiger partial charge >= 0.3 is 5.97 Å². The van der Waals surface area contributed by atoms with Crippen LogP contribution in [-0.4, -0.2) is 32.3 Å². The molecule has 3 rings (SSSR count). The van der Waals surface area contributed by atoms with E-state index in [-0.39, 0.29) is 5.91 Å². The van der Waals surface area contributed by atoms with E-state index in [9.17, 15) is 9.59 Å². The van der Waals surface area contributed by atoms with Crippen molar-refractivity contribution >= 4 is 18.1 Å². The highest BCUT2D eigenvalue weighted by Gasteiger charge is 2.09. The van der Waals surface area contributed by atoms with Gasteiger partial charge in [-0.1, -0.05) is 18.2 Å². The first-order valence-corrected chi connectivity index (χ1v) is 8.37. The molecule has 28 heavy (non-hydrogen) atoms. The van der Waals surface area contributed by atoms with E-state index in [1.54, 1.807) is 54.6 Å². The monoisotopic (exact) mass is 378 g/mol. The summed E-state index contributed by atoms with van der Waals surface area (Å²) in [6.45, 7) is 0. The van der Waals surface area contributed by atoms with Crippen LogP contribution in [0.4, 0.5) is 0 Å². The molecule has 0 saturated heterocycles. The van der Waals surface area contributed by atoms with Crippen LogP contribution in [0.3, 0.4) is 0 Å². The number of carbonyl (C=O) groups excluding carboxylic acids is 2. The third kappa shape index (κ3) is 4.45. The third-order valence-electron chi connectivity index (χ3n) is 3.88. The summed E-state index contributed by atoms with van der Waals surface area (Å²) in [7, 11) is 2.86. The van der Waals surface area contributed by atoms with Gasteiger partial charge < -0.3 is 13.9 Å². The second-order valence-electron chi connectivity index (χ2n) is 5.71. The molecule has 0 atom stereocenters. The topological polar surface area (TPSA) is 90.1 Å². The normalized spacial score (nSPS) is 10.6. The number of methoxy groups -OCH3 is 2. The highest BCUT2D eigenvalue weighted by atomic mass is 16.5. The minimum atomic E-state index is -0.421. The van der Waals surface area contributed by atoms with Gasteiger partial charge in [0.15, 0.2) is 0 Å². The van der Waals surface area contributed by atoms with Crippen molar-refractivity contribution in [2.75, 3.05) is 14.2 Å². The molecule has 0 spiro atoms. The maximum Gasteiger partial charge on any atom is 0.337 e. The van der Waals surface area contributed by atoms with Crippen LogP contribution in [0.2, 0.25) is 0 Å². The number of hydrogen-bond donors (Lipinski definition) is 1. The van der Waals surface area contributed by atoms with Crippen LogP contribution in [0.25, 0.3) is 11.3 Å². The minimum Gasteiger partial charge on any atom is -0.497 e. The molecular formula is C21H18N2O5. The molecule has 2 aromatic carbocycles. The van der Waals surface area contributed by atoms with Gasteiger partial charge in [-0.05, 0) is 42.5 Å². The van der Waals surface area contributed by atoms with Gasteiger partial charge in [0.05, 0.1) is 26.0 Å². The zero-order chi connectivity index (χ0) is 19.9. The van der Waals surface area contributed by atoms with E-state index in [1.807, 2.05) is 6.07 Å². The number of amides is 1. The highest BCUT2D eigenvalue weighted by molar-refractivity contribution is 5.95. The van der Waals surface area contributed by atoms with Crippen molar-refractivity contribution in [1.29, 1.82) is 0 Å². The number of ether oxygens (including phenoxy) is 2. The van der Waals surface area contributed by atoms with Crippen molar-refractivity contribution in [3.63, 3.8) is 0 Å². The number of hydrogen-bond acceptors (Lipinski definition) is 6. The molecular weight excluding hydrogens is 360 g/mol. The Bertz CT molecular complexity index is 1020. The molecule has 0 aliphatic carbocycles. The van der Waals surface area contributed by atoms with Crippen LogP contribution < -0.4 is 10.2 Å². The molecule has 0 radical (unpaired) electrons. The highest BCUT2D eigenvalue weighted by Crippen LogP contribution is 2.23. The lowest BCUT2D eigenvalue weighted by molar-refractivity contribution is 0.0600. The minimum absolute atomic E-state index is 0.368. The van der Waals surface area contributed by atoms with Crippen molar-refractivity contribution in [2.24, 2.45) is 5.10 Å². The molecule has 0 saturated carbocycles. The third-order valence-corrected chi connectivity index (χ3v) is 3.88. The second kappa shape index (κ2) is 8.68. The molecule has 0 fully saturated rings. The Morgan fingerprint density at radius 3 is 2.57 bits per heavy atom. The van der Waals surface area contributed by atoms with Crippen molar-refractivity contribution in [3.8, 4) is 17.1 Å². The molecule has 7 nitrogen and oxygen atoms in total. The number of nitrogens with zero attached hydrogens (tertiary/aromatic N) is 1. The summed E-state index contributed by atoms with van der Waals surface area (Å²) < 4.78 is 15.5. The average Bonchev–Trinajstić information content (AvgIpc) is 3.22. The van der Waals surface area contributed by atoms with Crippen LogP contribution >= 0.6 is 0 Å². The van der Waals surface area contributed by atoms with Crippen LogP contribution in [-0.2, 0) is 4.74 Å². The molecule has 1 heterocycles. The van der Waals surface area contributed by atoms with Gasteiger partial charge in [0, 0.05) is 11.1 Å². The van der Waals surface area contributed by atoms with E-state index in [2.05, 4.69) is 10.5 Å². The lowest BCUT2D eigenvalue weighted by Crippen LogP contribution is -2.17. The smallest absolute Gasteiger partial charge is 0.337 e. The Labute approximate surface area is 161 Å². The summed E-state index contributed by atoms with van der Waals surface area (Å²) in [6, 6.07) is 17.1. The summed E-state index contributed by atoms with van der Waals surface area (Å²) >= 11 is 0. The fraction of sp³-hybridized carbons (Fsp3) is 0.0952. The van der Waals surface area contributed by atoms with Crippen LogP contribution in [0.5, 0.6) is 5.75 Å². The van der Waals surface area contributed by atoms with Gasteiger partial charge in [-0.2, -0.15) is 5.10 Å². The van der Waals surface area contributed by atoms with Gasteiger partial charge in [0.25, 0.3) is 5.91 Å². The number of rotatable bonds is 6. The molecule has 0 aliphatic heterocycles. The fourth-order valence-electron chi connectivity index (χ4n) is 2.48. The predicted octanol–water partition coefficient (Wildman–Crippen LogP) is 3.51. The first-order chi connectivity index (χ1) is 13.6. The molecule has 7 heteroatoms. The van der Waals surface area contributed by atoms with Gasteiger partial charge in [-0.15, -0.1) is 0 Å². The van der Waals surface area contributed by atoms with Crippen LogP contribution in [0.15, 0.2) is 70.2 Å². The molecule has 1 aromatic heterocycles. The number of benzene rings is 2. The van der Waals surface area contributed by atoms with E-state index in [1.165, 1.54) is 20.4 Å². The van der Waals surface area contributed by atoms with Gasteiger partial charge in [0.2, 0.25) is 0 Å². The maximum absolute atomic E-state index is 12.1. The summed E-state index contributed by atoms with van der Waals surface area (Å²) in [4.78, 5) is 23.7. The SMILES string of the molecule is COC(=O)c1cccc(-c2ccc(/C=N\NC(=O)c3cccc(OC)c3)o2)c1. The first-order valence-electron chi connectivity index (χ1n) is 8.37. The fourth-order valence-corrected chi connectivity index (χ4v) is 2.48. The van der Waals surface area contributed by atoms with Gasteiger partial charge in [-0.25, -0.2) is 10.2 Å². The lowest BCUT2D eigenvalue weighted by atomic mass is 10.1. The number of esters is 1. The van der Waals surface area contributed by atoms with E-state index >= 15 is 0 Å². The molecule has 142 valence electrons. The largest absolute Gasteiger partial charge is 0.497 e. The number of furan rings is 1. The molecule has 1 N–H and O–H groups in total. The molecule has 0 unspecified atom stereocenters. The summed E-state index contributed by atoms with van der Waals surface area (Å²) in [5.41, 5.74) is 4.01. The number of hydrazone groups is 1. The van der Waals surface area contributed by atoms with Crippen LogP contribution in [0.1, 0.15) is 26.5 Å². The standard InChI is InChI=1S/C21H18N2O5/c1-26-17-8-4-6-15(12-17)20(24)23-22-13-18-9-10-19(28-18)14-5-3-7-16(11-14)21(25)27-2/h3-13H,1-2H3,(H,23,24)/b22-13-. The average molecular weight is 378 g/mol. The second-order valence-corrected chi connectivity index (χ2v) is 5.71. The van der Waals surface area contributed by atoms with E-state index in [4.69, 9.17) is 13.9 Å². The number of nitrogens with one attached hydrogen (secondary N) is 1. The summed E-state index contributed by atoms with van der Waals surface area (Å²) in [5, 5.41) is 3.91. The van der Waals surface area contributed by atoms with Crippen LogP contribution in [0, 0.1) is 0 Å². The van der Waals surface area contributed by atoms with Crippen molar-refractivity contribution in [1.82, 2.24) is 5.43 Å².